The van der Waals surface area contributed by atoms with Gasteiger partial charge in [0.25, 0.3) is 0 Å². The molecule has 0 atom stereocenters. The summed E-state index contributed by atoms with van der Waals surface area (Å²) in [6, 6.07) is 6.26. The van der Waals surface area contributed by atoms with Gasteiger partial charge in [-0.25, -0.2) is 0 Å². The van der Waals surface area contributed by atoms with Gasteiger partial charge < -0.3 is 15.0 Å². The van der Waals surface area contributed by atoms with Crippen molar-refractivity contribution >= 4 is 10.9 Å². The molecule has 0 amide bonds. The highest BCUT2D eigenvalue weighted by atomic mass is 16.5. The van der Waals surface area contributed by atoms with Gasteiger partial charge >= 0.3 is 0 Å². The summed E-state index contributed by atoms with van der Waals surface area (Å²) in [6.07, 6.45) is 5.90. The second-order valence-corrected chi connectivity index (χ2v) is 5.09. The van der Waals surface area contributed by atoms with Crippen LogP contribution in [0.15, 0.2) is 24.4 Å². The third-order valence-electron chi connectivity index (χ3n) is 3.95. The van der Waals surface area contributed by atoms with Crippen molar-refractivity contribution in [1.29, 1.82) is 0 Å². The fraction of sp³-hybridized carbons (Fsp3) is 0.467. The van der Waals surface area contributed by atoms with Crippen LogP contribution in [0.3, 0.4) is 0 Å². The van der Waals surface area contributed by atoms with Crippen LogP contribution in [0, 0.1) is 5.92 Å². The van der Waals surface area contributed by atoms with Crippen molar-refractivity contribution in [2.24, 2.45) is 5.92 Å². The Kier molecular flexibility index (Phi) is 3.24. The Labute approximate surface area is 108 Å². The van der Waals surface area contributed by atoms with Crippen LogP contribution in [-0.4, -0.2) is 25.2 Å². The van der Waals surface area contributed by atoms with Gasteiger partial charge in [-0.1, -0.05) is 12.1 Å². The number of hydrogen-bond donors (Lipinski definition) is 2. The molecular formula is C15H20N2O. The Hall–Kier alpha value is -1.48. The molecule has 18 heavy (non-hydrogen) atoms. The first-order valence-corrected chi connectivity index (χ1v) is 6.72. The maximum Gasteiger partial charge on any atom is 0.142 e. The molecule has 3 heteroatoms. The zero-order valence-corrected chi connectivity index (χ0v) is 10.8. The summed E-state index contributed by atoms with van der Waals surface area (Å²) in [6.45, 7) is 2.33. The highest BCUT2D eigenvalue weighted by Gasteiger charge is 2.16. The van der Waals surface area contributed by atoms with Gasteiger partial charge in [0.2, 0.25) is 0 Å². The second-order valence-electron chi connectivity index (χ2n) is 5.09. The van der Waals surface area contributed by atoms with E-state index in [9.17, 15) is 0 Å². The quantitative estimate of drug-likeness (QED) is 0.871. The number of H-pyrrole nitrogens is 1. The van der Waals surface area contributed by atoms with E-state index in [1.165, 1.54) is 30.2 Å². The molecule has 0 unspecified atom stereocenters. The lowest BCUT2D eigenvalue weighted by molar-refractivity contribution is 0.373. The molecular weight excluding hydrogens is 224 g/mol. The van der Waals surface area contributed by atoms with Crippen LogP contribution in [-0.2, 0) is 6.42 Å². The molecule has 0 saturated carbocycles. The minimum atomic E-state index is 0.816. The van der Waals surface area contributed by atoms with E-state index < -0.39 is 0 Å². The Balaban J connectivity index is 1.88. The largest absolute Gasteiger partial charge is 0.495 e. The topological polar surface area (TPSA) is 37.0 Å². The molecule has 1 fully saturated rings. The van der Waals surface area contributed by atoms with E-state index >= 15 is 0 Å². The minimum absolute atomic E-state index is 0.816. The molecule has 96 valence electrons. The van der Waals surface area contributed by atoms with Crippen LogP contribution in [0.1, 0.15) is 18.4 Å². The molecule has 1 aliphatic heterocycles. The maximum atomic E-state index is 5.39. The van der Waals surface area contributed by atoms with Crippen molar-refractivity contribution in [1.82, 2.24) is 10.3 Å². The van der Waals surface area contributed by atoms with E-state index in [0.29, 0.717) is 0 Å². The van der Waals surface area contributed by atoms with Crippen molar-refractivity contribution in [3.63, 3.8) is 0 Å². The molecule has 0 aliphatic carbocycles. The average molecular weight is 244 g/mol. The Bertz CT molecular complexity index is 526. The van der Waals surface area contributed by atoms with Gasteiger partial charge in [0, 0.05) is 11.6 Å². The molecule has 1 aromatic heterocycles. The molecule has 2 heterocycles. The molecule has 0 spiro atoms. The molecule has 1 aromatic carbocycles. The lowest BCUT2D eigenvalue weighted by Gasteiger charge is -2.22. The molecule has 2 aromatic rings. The third kappa shape index (κ3) is 2.10. The van der Waals surface area contributed by atoms with Gasteiger partial charge in [0.15, 0.2) is 0 Å². The van der Waals surface area contributed by atoms with Crippen LogP contribution < -0.4 is 10.1 Å². The Morgan fingerprint density at radius 1 is 1.28 bits per heavy atom. The fourth-order valence-electron chi connectivity index (χ4n) is 2.92. The summed E-state index contributed by atoms with van der Waals surface area (Å²) in [5.74, 6) is 1.75. The van der Waals surface area contributed by atoms with Crippen LogP contribution in [0.4, 0.5) is 0 Å². The highest BCUT2D eigenvalue weighted by molar-refractivity contribution is 5.88. The molecule has 0 bridgehead atoms. The lowest BCUT2D eigenvalue weighted by atomic mass is 9.91. The van der Waals surface area contributed by atoms with Crippen molar-refractivity contribution in [3.8, 4) is 5.75 Å². The number of fused-ring (bicyclic) bond motifs is 1. The number of rotatable bonds is 3. The van der Waals surface area contributed by atoms with Gasteiger partial charge in [0.1, 0.15) is 5.75 Å². The van der Waals surface area contributed by atoms with E-state index in [0.717, 1.165) is 30.3 Å². The first kappa shape index (κ1) is 11.6. The summed E-state index contributed by atoms with van der Waals surface area (Å²) in [7, 11) is 1.72. The van der Waals surface area contributed by atoms with E-state index in [4.69, 9.17) is 4.74 Å². The predicted molar refractivity (Wildman–Crippen MR) is 74.1 cm³/mol. The smallest absolute Gasteiger partial charge is 0.142 e. The minimum Gasteiger partial charge on any atom is -0.495 e. The number of nitrogens with one attached hydrogen (secondary N) is 2. The van der Waals surface area contributed by atoms with Crippen LogP contribution in [0.2, 0.25) is 0 Å². The van der Waals surface area contributed by atoms with E-state index in [1.54, 1.807) is 7.11 Å². The number of ether oxygens (including phenoxy) is 1. The Morgan fingerprint density at radius 2 is 2.11 bits per heavy atom. The Morgan fingerprint density at radius 3 is 2.89 bits per heavy atom. The SMILES string of the molecule is COc1cccc2c(CC3CCNCC3)c[nH]c12. The highest BCUT2D eigenvalue weighted by Crippen LogP contribution is 2.29. The fourth-order valence-corrected chi connectivity index (χ4v) is 2.92. The first-order chi connectivity index (χ1) is 8.88. The summed E-state index contributed by atoms with van der Waals surface area (Å²) < 4.78 is 5.39. The molecule has 0 radical (unpaired) electrons. The van der Waals surface area contributed by atoms with Crippen molar-refractivity contribution < 1.29 is 4.74 Å². The van der Waals surface area contributed by atoms with Crippen LogP contribution in [0.25, 0.3) is 10.9 Å². The maximum absolute atomic E-state index is 5.39. The lowest BCUT2D eigenvalue weighted by Crippen LogP contribution is -2.28. The number of aromatic nitrogens is 1. The van der Waals surface area contributed by atoms with Crippen molar-refractivity contribution in [2.45, 2.75) is 19.3 Å². The molecule has 3 nitrogen and oxygen atoms in total. The number of methoxy groups -OCH3 is 1. The summed E-state index contributed by atoms with van der Waals surface area (Å²) >= 11 is 0. The van der Waals surface area contributed by atoms with E-state index in [2.05, 4.69) is 28.6 Å². The molecule has 1 saturated heterocycles. The molecule has 3 rings (SSSR count). The summed E-state index contributed by atoms with van der Waals surface area (Å²) in [4.78, 5) is 3.36. The zero-order chi connectivity index (χ0) is 12.4. The first-order valence-electron chi connectivity index (χ1n) is 6.72. The monoisotopic (exact) mass is 244 g/mol. The third-order valence-corrected chi connectivity index (χ3v) is 3.95. The standard InChI is InChI=1S/C15H20N2O/c1-18-14-4-2-3-13-12(10-17-15(13)14)9-11-5-7-16-8-6-11/h2-4,10-11,16-17H,5-9H2,1H3. The number of aromatic amines is 1. The van der Waals surface area contributed by atoms with Gasteiger partial charge in [0.05, 0.1) is 12.6 Å². The normalized spacial score (nSPS) is 17.2. The number of piperidine rings is 1. The van der Waals surface area contributed by atoms with E-state index in [1.807, 2.05) is 6.07 Å². The van der Waals surface area contributed by atoms with Crippen LogP contribution in [0.5, 0.6) is 5.75 Å². The number of benzene rings is 1. The van der Waals surface area contributed by atoms with Crippen LogP contribution >= 0.6 is 0 Å². The molecule has 2 N–H and O–H groups in total. The number of hydrogen-bond acceptors (Lipinski definition) is 2. The summed E-state index contributed by atoms with van der Waals surface area (Å²) in [5, 5.41) is 4.73. The van der Waals surface area contributed by atoms with Gasteiger partial charge in [-0.3, -0.25) is 0 Å². The summed E-state index contributed by atoms with van der Waals surface area (Å²) in [5.41, 5.74) is 2.56. The molecule has 1 aliphatic rings. The second kappa shape index (κ2) is 5.02. The van der Waals surface area contributed by atoms with E-state index in [-0.39, 0.29) is 0 Å². The number of para-hydroxylation sites is 1. The predicted octanol–water partition coefficient (Wildman–Crippen LogP) is 2.72. The van der Waals surface area contributed by atoms with Gasteiger partial charge in [-0.05, 0) is 49.9 Å². The average Bonchev–Trinajstić information content (AvgIpc) is 2.83. The van der Waals surface area contributed by atoms with Crippen molar-refractivity contribution in [3.05, 3.63) is 30.0 Å². The zero-order valence-electron chi connectivity index (χ0n) is 10.8. The van der Waals surface area contributed by atoms with Gasteiger partial charge in [-0.15, -0.1) is 0 Å². The van der Waals surface area contributed by atoms with Crippen molar-refractivity contribution in [2.75, 3.05) is 20.2 Å². The van der Waals surface area contributed by atoms with Gasteiger partial charge in [-0.2, -0.15) is 0 Å².